The number of anilines is 1. The van der Waals surface area contributed by atoms with Gasteiger partial charge in [-0.25, -0.2) is 4.79 Å². The molecule has 0 saturated carbocycles. The maximum absolute atomic E-state index is 12.6. The molecule has 0 aromatic heterocycles. The van der Waals surface area contributed by atoms with E-state index in [0.717, 1.165) is 6.42 Å². The van der Waals surface area contributed by atoms with Crippen molar-refractivity contribution in [2.24, 2.45) is 5.92 Å². The molecule has 1 fully saturated rings. The second-order valence-corrected chi connectivity index (χ2v) is 7.97. The van der Waals surface area contributed by atoms with Crippen LogP contribution in [0.5, 0.6) is 0 Å². The molecular weight excluding hydrogens is 434 g/mol. The van der Waals surface area contributed by atoms with Gasteiger partial charge in [-0.3, -0.25) is 14.4 Å². The minimum absolute atomic E-state index is 0.0129. The molecule has 1 saturated heterocycles. The van der Waals surface area contributed by atoms with Crippen LogP contribution in [0.25, 0.3) is 0 Å². The monoisotopic (exact) mass is 457 g/mol. The molecule has 32 heavy (non-hydrogen) atoms. The van der Waals surface area contributed by atoms with Crippen LogP contribution in [0.4, 0.5) is 5.69 Å². The van der Waals surface area contributed by atoms with Crippen molar-refractivity contribution in [1.82, 2.24) is 0 Å². The van der Waals surface area contributed by atoms with E-state index in [1.54, 1.807) is 48.5 Å². The molecule has 8 heteroatoms. The molecule has 3 rings (SSSR count). The number of amides is 1. The minimum Gasteiger partial charge on any atom is -0.462 e. The summed E-state index contributed by atoms with van der Waals surface area (Å²) < 4.78 is 10.4. The van der Waals surface area contributed by atoms with Gasteiger partial charge in [-0.15, -0.1) is 0 Å². The Kier molecular flexibility index (Phi) is 7.64. The van der Waals surface area contributed by atoms with Crippen LogP contribution >= 0.6 is 11.6 Å². The molecule has 7 nitrogen and oxygen atoms in total. The Balaban J connectivity index is 1.59. The number of ketones is 1. The molecule has 0 aliphatic carbocycles. The quantitative estimate of drug-likeness (QED) is 0.438. The molecule has 168 valence electrons. The van der Waals surface area contributed by atoms with Gasteiger partial charge in [0.1, 0.15) is 0 Å². The Hall–Kier alpha value is -3.19. The van der Waals surface area contributed by atoms with Crippen LogP contribution in [-0.2, 0) is 19.1 Å². The first-order chi connectivity index (χ1) is 15.3. The Labute approximate surface area is 191 Å². The summed E-state index contributed by atoms with van der Waals surface area (Å²) in [6.45, 7) is 3.89. The smallest absolute Gasteiger partial charge is 0.338 e. The van der Waals surface area contributed by atoms with Gasteiger partial charge in [0.05, 0.1) is 18.1 Å². The molecule has 0 bridgehead atoms. The van der Waals surface area contributed by atoms with Crippen molar-refractivity contribution in [2.45, 2.75) is 32.8 Å². The Morgan fingerprint density at radius 3 is 2.31 bits per heavy atom. The summed E-state index contributed by atoms with van der Waals surface area (Å²) in [6, 6.07) is 12.8. The van der Waals surface area contributed by atoms with E-state index in [1.807, 2.05) is 6.92 Å². The summed E-state index contributed by atoms with van der Waals surface area (Å²) >= 11 is 5.83. The molecule has 0 unspecified atom stereocenters. The molecule has 1 amide bonds. The van der Waals surface area contributed by atoms with Crippen LogP contribution in [0.2, 0.25) is 5.02 Å². The molecule has 2 atom stereocenters. The Bertz CT molecular complexity index is 1000. The molecule has 2 aromatic carbocycles. The summed E-state index contributed by atoms with van der Waals surface area (Å²) in [5.74, 6) is -2.29. The van der Waals surface area contributed by atoms with Gasteiger partial charge < -0.3 is 14.4 Å². The first-order valence-corrected chi connectivity index (χ1v) is 10.8. The fourth-order valence-electron chi connectivity index (χ4n) is 3.34. The minimum atomic E-state index is -0.985. The van der Waals surface area contributed by atoms with Gasteiger partial charge in [-0.1, -0.05) is 18.5 Å². The second-order valence-electron chi connectivity index (χ2n) is 7.54. The van der Waals surface area contributed by atoms with Crippen LogP contribution in [0.1, 0.15) is 47.4 Å². The third-order valence-corrected chi connectivity index (χ3v) is 5.35. The number of halogens is 1. The average molecular weight is 458 g/mol. The number of carbonyl (C=O) groups is 4. The predicted molar refractivity (Wildman–Crippen MR) is 119 cm³/mol. The number of benzene rings is 2. The third kappa shape index (κ3) is 5.53. The molecule has 1 aliphatic heterocycles. The maximum atomic E-state index is 12.6. The largest absolute Gasteiger partial charge is 0.462 e. The predicted octanol–water partition coefficient (Wildman–Crippen LogP) is 4.07. The highest BCUT2D eigenvalue weighted by Crippen LogP contribution is 2.27. The third-order valence-electron chi connectivity index (χ3n) is 5.10. The first-order valence-electron chi connectivity index (χ1n) is 10.4. The van der Waals surface area contributed by atoms with Gasteiger partial charge in [-0.05, 0) is 61.9 Å². The summed E-state index contributed by atoms with van der Waals surface area (Å²) in [5.41, 5.74) is 1.35. The maximum Gasteiger partial charge on any atom is 0.338 e. The average Bonchev–Trinajstić information content (AvgIpc) is 3.19. The molecule has 0 N–H and O–H groups in total. The lowest BCUT2D eigenvalue weighted by molar-refractivity contribution is -0.151. The Morgan fingerprint density at radius 2 is 1.69 bits per heavy atom. The van der Waals surface area contributed by atoms with Gasteiger partial charge in [0.15, 0.2) is 6.10 Å². The van der Waals surface area contributed by atoms with Crippen LogP contribution in [0.3, 0.4) is 0 Å². The SMILES string of the molecule is CCCOC(=O)c1ccc(N2C[C@H](C(=O)O[C@@H](C)C(=O)c3ccc(Cl)cc3)CC2=O)cc1. The molecular formula is C24H24ClNO6. The van der Waals surface area contributed by atoms with Crippen LogP contribution in [0, 0.1) is 5.92 Å². The van der Waals surface area contributed by atoms with Gasteiger partial charge in [-0.2, -0.15) is 0 Å². The number of Topliss-reactive ketones (excluding diaryl/α,β-unsaturated/α-hetero) is 1. The van der Waals surface area contributed by atoms with Crippen molar-refractivity contribution < 1.29 is 28.7 Å². The fraction of sp³-hybridized carbons (Fsp3) is 0.333. The van der Waals surface area contributed by atoms with Gasteiger partial charge in [0.2, 0.25) is 11.7 Å². The Morgan fingerprint density at radius 1 is 1.06 bits per heavy atom. The second kappa shape index (κ2) is 10.4. The summed E-state index contributed by atoms with van der Waals surface area (Å²) in [4.78, 5) is 50.9. The molecule has 0 radical (unpaired) electrons. The van der Waals surface area contributed by atoms with E-state index in [4.69, 9.17) is 21.1 Å². The van der Waals surface area contributed by atoms with E-state index in [2.05, 4.69) is 0 Å². The van der Waals surface area contributed by atoms with Crippen molar-refractivity contribution in [3.05, 3.63) is 64.7 Å². The lowest BCUT2D eigenvalue weighted by Gasteiger charge is -2.18. The first kappa shape index (κ1) is 23.5. The summed E-state index contributed by atoms with van der Waals surface area (Å²) in [7, 11) is 0. The van der Waals surface area contributed by atoms with E-state index < -0.39 is 24.0 Å². The van der Waals surface area contributed by atoms with Gasteiger partial charge >= 0.3 is 11.9 Å². The number of hydrogen-bond donors (Lipinski definition) is 0. The van der Waals surface area contributed by atoms with Crippen molar-refractivity contribution in [2.75, 3.05) is 18.1 Å². The molecule has 1 aliphatic rings. The van der Waals surface area contributed by atoms with Gasteiger partial charge in [0.25, 0.3) is 0 Å². The van der Waals surface area contributed by atoms with Crippen molar-refractivity contribution in [1.29, 1.82) is 0 Å². The number of carbonyl (C=O) groups excluding carboxylic acids is 4. The van der Waals surface area contributed by atoms with Gasteiger partial charge in [0, 0.05) is 29.2 Å². The fourth-order valence-corrected chi connectivity index (χ4v) is 3.47. The van der Waals surface area contributed by atoms with E-state index in [1.165, 1.54) is 11.8 Å². The number of rotatable bonds is 8. The zero-order chi connectivity index (χ0) is 23.3. The van der Waals surface area contributed by atoms with E-state index in [9.17, 15) is 19.2 Å². The lowest BCUT2D eigenvalue weighted by Crippen LogP contribution is -2.30. The van der Waals surface area contributed by atoms with E-state index >= 15 is 0 Å². The normalized spacial score (nSPS) is 16.5. The van der Waals surface area contributed by atoms with Crippen molar-refractivity contribution in [3.63, 3.8) is 0 Å². The standard InChI is InChI=1S/C24H24ClNO6/c1-3-12-31-23(29)17-6-10-20(11-7-17)26-14-18(13-21(26)27)24(30)32-15(2)22(28)16-4-8-19(25)9-5-16/h4-11,15,18H,3,12-14H2,1-2H3/t15-,18+/m0/s1. The zero-order valence-electron chi connectivity index (χ0n) is 17.9. The number of ether oxygens (including phenoxy) is 2. The topological polar surface area (TPSA) is 90.0 Å². The molecule has 1 heterocycles. The van der Waals surface area contributed by atoms with Crippen LogP contribution in [0.15, 0.2) is 48.5 Å². The van der Waals surface area contributed by atoms with E-state index in [0.29, 0.717) is 28.4 Å². The summed E-state index contributed by atoms with van der Waals surface area (Å²) in [6.07, 6.45) is -0.268. The molecule has 0 spiro atoms. The highest BCUT2D eigenvalue weighted by molar-refractivity contribution is 6.30. The van der Waals surface area contributed by atoms with Crippen LogP contribution < -0.4 is 4.90 Å². The highest BCUT2D eigenvalue weighted by atomic mass is 35.5. The number of hydrogen-bond acceptors (Lipinski definition) is 6. The van der Waals surface area contributed by atoms with Crippen molar-refractivity contribution in [3.8, 4) is 0 Å². The van der Waals surface area contributed by atoms with Crippen molar-refractivity contribution >= 4 is 40.9 Å². The number of nitrogens with zero attached hydrogens (tertiary/aromatic N) is 1. The molecule has 2 aromatic rings. The summed E-state index contributed by atoms with van der Waals surface area (Å²) in [5, 5.41) is 0.502. The van der Waals surface area contributed by atoms with E-state index in [-0.39, 0.29) is 24.7 Å². The highest BCUT2D eigenvalue weighted by Gasteiger charge is 2.37. The number of esters is 2. The lowest BCUT2D eigenvalue weighted by atomic mass is 10.1. The van der Waals surface area contributed by atoms with Crippen LogP contribution in [-0.4, -0.2) is 42.9 Å². The zero-order valence-corrected chi connectivity index (χ0v) is 18.6.